The summed E-state index contributed by atoms with van der Waals surface area (Å²) in [5, 5.41) is 12.3. The summed E-state index contributed by atoms with van der Waals surface area (Å²) in [6.07, 6.45) is 2.06. The molecule has 0 amide bonds. The Bertz CT molecular complexity index is 624. The Morgan fingerprint density at radius 3 is 2.65 bits per heavy atom. The van der Waals surface area contributed by atoms with Crippen LogP contribution in [0.2, 0.25) is 0 Å². The largest absolute Gasteiger partial charge is 0.478 e. The lowest BCUT2D eigenvalue weighted by Gasteiger charge is -2.12. The van der Waals surface area contributed by atoms with E-state index in [-0.39, 0.29) is 11.3 Å². The fourth-order valence-electron chi connectivity index (χ4n) is 2.12. The molecule has 4 heteroatoms. The number of para-hydroxylation sites is 1. The van der Waals surface area contributed by atoms with E-state index in [0.717, 1.165) is 24.2 Å². The topological polar surface area (TPSA) is 75.3 Å². The van der Waals surface area contributed by atoms with Crippen molar-refractivity contribution in [2.45, 2.75) is 19.8 Å². The molecule has 0 aliphatic rings. The minimum absolute atomic E-state index is 0.123. The number of aryl methyl sites for hydroxylation is 1. The molecule has 0 aliphatic heterocycles. The molecule has 0 saturated heterocycles. The molecule has 0 saturated carbocycles. The summed E-state index contributed by atoms with van der Waals surface area (Å²) in [5.41, 5.74) is 9.18. The molecule has 2 aromatic rings. The highest BCUT2D eigenvalue weighted by Crippen LogP contribution is 2.25. The second-order valence-electron chi connectivity index (χ2n) is 4.64. The van der Waals surface area contributed by atoms with E-state index in [2.05, 4.69) is 18.3 Å². The van der Waals surface area contributed by atoms with E-state index in [1.54, 1.807) is 12.1 Å². The number of nitrogen functional groups attached to an aromatic ring is 1. The second kappa shape index (κ2) is 6.10. The summed E-state index contributed by atoms with van der Waals surface area (Å²) >= 11 is 0. The van der Waals surface area contributed by atoms with Gasteiger partial charge >= 0.3 is 5.97 Å². The maximum atomic E-state index is 10.9. The number of anilines is 3. The van der Waals surface area contributed by atoms with Crippen LogP contribution in [0.25, 0.3) is 0 Å². The molecule has 2 aromatic carbocycles. The summed E-state index contributed by atoms with van der Waals surface area (Å²) in [7, 11) is 0. The monoisotopic (exact) mass is 270 g/mol. The van der Waals surface area contributed by atoms with E-state index in [9.17, 15) is 4.79 Å². The van der Waals surface area contributed by atoms with E-state index in [4.69, 9.17) is 10.8 Å². The van der Waals surface area contributed by atoms with Crippen molar-refractivity contribution in [3.8, 4) is 0 Å². The van der Waals surface area contributed by atoms with Gasteiger partial charge in [-0.15, -0.1) is 0 Å². The number of rotatable bonds is 5. The number of nitrogens with two attached hydrogens (primary N) is 1. The molecule has 20 heavy (non-hydrogen) atoms. The van der Waals surface area contributed by atoms with E-state index in [1.807, 2.05) is 18.2 Å². The highest BCUT2D eigenvalue weighted by Gasteiger charge is 2.08. The molecular weight excluding hydrogens is 252 g/mol. The number of hydrogen-bond donors (Lipinski definition) is 3. The van der Waals surface area contributed by atoms with Gasteiger partial charge < -0.3 is 16.2 Å². The van der Waals surface area contributed by atoms with Gasteiger partial charge in [0.1, 0.15) is 0 Å². The summed E-state index contributed by atoms with van der Waals surface area (Å²) in [4.78, 5) is 10.9. The van der Waals surface area contributed by atoms with Crippen LogP contribution >= 0.6 is 0 Å². The van der Waals surface area contributed by atoms with Crippen molar-refractivity contribution in [1.29, 1.82) is 0 Å². The molecule has 4 N–H and O–H groups in total. The zero-order valence-electron chi connectivity index (χ0n) is 11.4. The minimum Gasteiger partial charge on any atom is -0.478 e. The van der Waals surface area contributed by atoms with Gasteiger partial charge in [0, 0.05) is 17.1 Å². The summed E-state index contributed by atoms with van der Waals surface area (Å²) in [5.74, 6) is -1.01. The highest BCUT2D eigenvalue weighted by molar-refractivity contribution is 5.94. The average Bonchev–Trinajstić information content (AvgIpc) is 2.41. The Morgan fingerprint density at radius 2 is 2.00 bits per heavy atom. The number of carbonyl (C=O) groups is 1. The average molecular weight is 270 g/mol. The molecule has 4 nitrogen and oxygen atoms in total. The zero-order valence-corrected chi connectivity index (χ0v) is 11.4. The van der Waals surface area contributed by atoms with Crippen LogP contribution < -0.4 is 11.1 Å². The van der Waals surface area contributed by atoms with Crippen LogP contribution in [-0.4, -0.2) is 11.1 Å². The van der Waals surface area contributed by atoms with E-state index < -0.39 is 5.97 Å². The van der Waals surface area contributed by atoms with Gasteiger partial charge in [-0.05, 0) is 36.2 Å². The van der Waals surface area contributed by atoms with Crippen LogP contribution in [-0.2, 0) is 6.42 Å². The predicted octanol–water partition coefficient (Wildman–Crippen LogP) is 3.66. The van der Waals surface area contributed by atoms with Crippen molar-refractivity contribution in [3.63, 3.8) is 0 Å². The number of benzene rings is 2. The Balaban J connectivity index is 2.26. The molecule has 0 aliphatic carbocycles. The highest BCUT2D eigenvalue weighted by atomic mass is 16.4. The summed E-state index contributed by atoms with van der Waals surface area (Å²) < 4.78 is 0. The first kappa shape index (κ1) is 13.9. The number of carboxylic acids is 1. The van der Waals surface area contributed by atoms with Crippen LogP contribution in [0.15, 0.2) is 42.5 Å². The standard InChI is InChI=1S/C16H18N2O2/c1-2-5-11-6-3-4-7-15(11)18-12-8-9-13(16(19)20)14(17)10-12/h3-4,6-10,18H,2,5,17H2,1H3,(H,19,20). The Hall–Kier alpha value is -2.49. The smallest absolute Gasteiger partial charge is 0.337 e. The van der Waals surface area contributed by atoms with Crippen molar-refractivity contribution in [2.24, 2.45) is 0 Å². The van der Waals surface area contributed by atoms with Gasteiger partial charge in [-0.25, -0.2) is 4.79 Å². The first-order valence-corrected chi connectivity index (χ1v) is 6.59. The van der Waals surface area contributed by atoms with Crippen LogP contribution in [0.1, 0.15) is 29.3 Å². The third kappa shape index (κ3) is 3.09. The molecule has 0 fully saturated rings. The van der Waals surface area contributed by atoms with Crippen LogP contribution in [0, 0.1) is 0 Å². The second-order valence-corrected chi connectivity index (χ2v) is 4.64. The molecule has 0 aromatic heterocycles. The van der Waals surface area contributed by atoms with Crippen LogP contribution in [0.4, 0.5) is 17.1 Å². The Kier molecular flexibility index (Phi) is 4.25. The molecule has 0 bridgehead atoms. The molecule has 0 spiro atoms. The number of aromatic carboxylic acids is 1. The Labute approximate surface area is 118 Å². The van der Waals surface area contributed by atoms with Gasteiger partial charge in [0.15, 0.2) is 0 Å². The number of hydrogen-bond acceptors (Lipinski definition) is 3. The summed E-state index contributed by atoms with van der Waals surface area (Å²) in [6, 6.07) is 13.0. The fraction of sp³-hybridized carbons (Fsp3) is 0.188. The van der Waals surface area contributed by atoms with Gasteiger partial charge in [0.05, 0.1) is 5.56 Å². The number of carboxylic acid groups (broad SMARTS) is 1. The third-order valence-corrected chi connectivity index (χ3v) is 3.10. The molecular formula is C16H18N2O2. The molecule has 0 unspecified atom stereocenters. The molecule has 0 atom stereocenters. The van der Waals surface area contributed by atoms with Gasteiger partial charge in [0.25, 0.3) is 0 Å². The Morgan fingerprint density at radius 1 is 1.25 bits per heavy atom. The van der Waals surface area contributed by atoms with Gasteiger partial charge in [-0.2, -0.15) is 0 Å². The van der Waals surface area contributed by atoms with E-state index >= 15 is 0 Å². The normalized spacial score (nSPS) is 10.2. The molecule has 0 heterocycles. The maximum absolute atomic E-state index is 10.9. The first-order chi connectivity index (χ1) is 9.61. The van der Waals surface area contributed by atoms with Crippen molar-refractivity contribution in [1.82, 2.24) is 0 Å². The first-order valence-electron chi connectivity index (χ1n) is 6.59. The third-order valence-electron chi connectivity index (χ3n) is 3.10. The van der Waals surface area contributed by atoms with Crippen molar-refractivity contribution in [3.05, 3.63) is 53.6 Å². The van der Waals surface area contributed by atoms with E-state index in [0.29, 0.717) is 0 Å². The molecule has 2 rings (SSSR count). The minimum atomic E-state index is -1.01. The SMILES string of the molecule is CCCc1ccccc1Nc1ccc(C(=O)O)c(N)c1. The quantitative estimate of drug-likeness (QED) is 0.725. The van der Waals surface area contributed by atoms with Gasteiger partial charge in [0.2, 0.25) is 0 Å². The number of nitrogens with one attached hydrogen (secondary N) is 1. The maximum Gasteiger partial charge on any atom is 0.337 e. The van der Waals surface area contributed by atoms with Crippen LogP contribution in [0.5, 0.6) is 0 Å². The predicted molar refractivity (Wildman–Crippen MR) is 81.5 cm³/mol. The van der Waals surface area contributed by atoms with Crippen molar-refractivity contribution < 1.29 is 9.90 Å². The molecule has 104 valence electrons. The molecule has 0 radical (unpaired) electrons. The van der Waals surface area contributed by atoms with Gasteiger partial charge in [-0.3, -0.25) is 0 Å². The zero-order chi connectivity index (χ0) is 14.5. The lowest BCUT2D eigenvalue weighted by atomic mass is 10.1. The summed E-state index contributed by atoms with van der Waals surface area (Å²) in [6.45, 7) is 2.14. The van der Waals surface area contributed by atoms with Crippen molar-refractivity contribution >= 4 is 23.0 Å². The lowest BCUT2D eigenvalue weighted by molar-refractivity contribution is 0.0698. The van der Waals surface area contributed by atoms with E-state index in [1.165, 1.54) is 11.6 Å². The van der Waals surface area contributed by atoms with Gasteiger partial charge in [-0.1, -0.05) is 31.5 Å². The van der Waals surface area contributed by atoms with Crippen LogP contribution in [0.3, 0.4) is 0 Å². The lowest BCUT2D eigenvalue weighted by Crippen LogP contribution is -2.03. The van der Waals surface area contributed by atoms with Crippen molar-refractivity contribution in [2.75, 3.05) is 11.1 Å². The fourth-order valence-corrected chi connectivity index (χ4v) is 2.12.